The first kappa shape index (κ1) is 14.8. The van der Waals surface area contributed by atoms with E-state index in [9.17, 15) is 0 Å². The van der Waals surface area contributed by atoms with Gasteiger partial charge >= 0.3 is 0 Å². The maximum atomic E-state index is 6.09. The van der Waals surface area contributed by atoms with Crippen LogP contribution in [0.3, 0.4) is 0 Å². The summed E-state index contributed by atoms with van der Waals surface area (Å²) in [5, 5.41) is 4.47. The molecule has 3 heteroatoms. The standard InChI is InChI=1S/C14H21Cl2N/c1-14(2,3)11(7-8-17-4)10-5-6-12(15)13(16)9-10/h5-6,9,11,17H,7-8H2,1-4H3. The molecule has 0 spiro atoms. The molecule has 1 aromatic carbocycles. The van der Waals surface area contributed by atoms with Crippen molar-refractivity contribution in [3.05, 3.63) is 33.8 Å². The molecule has 1 rings (SSSR count). The van der Waals surface area contributed by atoms with Gasteiger partial charge in [-0.2, -0.15) is 0 Å². The van der Waals surface area contributed by atoms with E-state index >= 15 is 0 Å². The van der Waals surface area contributed by atoms with Gasteiger partial charge in [0.2, 0.25) is 0 Å². The van der Waals surface area contributed by atoms with Crippen molar-refractivity contribution in [3.63, 3.8) is 0 Å². The lowest BCUT2D eigenvalue weighted by molar-refractivity contribution is 0.303. The van der Waals surface area contributed by atoms with Crippen molar-refractivity contribution in [2.24, 2.45) is 5.41 Å². The predicted molar refractivity (Wildman–Crippen MR) is 77.2 cm³/mol. The second-order valence-electron chi connectivity index (χ2n) is 5.48. The van der Waals surface area contributed by atoms with Crippen LogP contribution in [0.25, 0.3) is 0 Å². The zero-order chi connectivity index (χ0) is 13.1. The maximum Gasteiger partial charge on any atom is 0.0595 e. The second kappa shape index (κ2) is 6.08. The maximum absolute atomic E-state index is 6.09. The average Bonchev–Trinajstić information content (AvgIpc) is 2.22. The Hall–Kier alpha value is -0.240. The molecule has 1 nitrogen and oxygen atoms in total. The van der Waals surface area contributed by atoms with Crippen LogP contribution in [0.1, 0.15) is 38.7 Å². The number of benzene rings is 1. The molecule has 0 radical (unpaired) electrons. The minimum atomic E-state index is 0.216. The molecule has 0 bridgehead atoms. The van der Waals surface area contributed by atoms with Gasteiger partial charge < -0.3 is 5.32 Å². The molecule has 1 atom stereocenters. The molecule has 1 unspecified atom stereocenters. The molecule has 0 heterocycles. The molecule has 0 aromatic heterocycles. The average molecular weight is 274 g/mol. The van der Waals surface area contributed by atoms with Crippen LogP contribution in [-0.4, -0.2) is 13.6 Å². The van der Waals surface area contributed by atoms with Crippen LogP contribution in [0, 0.1) is 5.41 Å². The van der Waals surface area contributed by atoms with Gasteiger partial charge in [0.15, 0.2) is 0 Å². The van der Waals surface area contributed by atoms with E-state index in [4.69, 9.17) is 23.2 Å². The van der Waals surface area contributed by atoms with Gasteiger partial charge in [0.1, 0.15) is 0 Å². The largest absolute Gasteiger partial charge is 0.320 e. The highest BCUT2D eigenvalue weighted by atomic mass is 35.5. The first-order chi connectivity index (χ1) is 7.86. The Labute approximate surface area is 115 Å². The smallest absolute Gasteiger partial charge is 0.0595 e. The van der Waals surface area contributed by atoms with Crippen LogP contribution in [0.2, 0.25) is 10.0 Å². The Morgan fingerprint density at radius 3 is 2.29 bits per heavy atom. The third-order valence-electron chi connectivity index (χ3n) is 3.07. The van der Waals surface area contributed by atoms with E-state index in [0.29, 0.717) is 16.0 Å². The summed E-state index contributed by atoms with van der Waals surface area (Å²) < 4.78 is 0. The Kier molecular flexibility index (Phi) is 5.30. The minimum Gasteiger partial charge on any atom is -0.320 e. The van der Waals surface area contributed by atoms with Gasteiger partial charge in [-0.25, -0.2) is 0 Å². The normalized spacial score (nSPS) is 13.8. The van der Waals surface area contributed by atoms with Gasteiger partial charge in [0.25, 0.3) is 0 Å². The van der Waals surface area contributed by atoms with E-state index in [2.05, 4.69) is 32.2 Å². The number of hydrogen-bond acceptors (Lipinski definition) is 1. The van der Waals surface area contributed by atoms with Gasteiger partial charge in [0, 0.05) is 0 Å². The highest BCUT2D eigenvalue weighted by Gasteiger charge is 2.26. The fraction of sp³-hybridized carbons (Fsp3) is 0.571. The van der Waals surface area contributed by atoms with Crippen LogP contribution in [0.15, 0.2) is 18.2 Å². The summed E-state index contributed by atoms with van der Waals surface area (Å²) in [6.45, 7) is 7.78. The lowest BCUT2D eigenvalue weighted by Crippen LogP contribution is -2.22. The molecule has 0 saturated carbocycles. The van der Waals surface area contributed by atoms with Crippen LogP contribution in [-0.2, 0) is 0 Å². The van der Waals surface area contributed by atoms with E-state index in [1.54, 1.807) is 0 Å². The zero-order valence-corrected chi connectivity index (χ0v) is 12.5. The van der Waals surface area contributed by atoms with E-state index in [-0.39, 0.29) is 5.41 Å². The molecule has 0 amide bonds. The summed E-state index contributed by atoms with van der Waals surface area (Å²) in [6.07, 6.45) is 1.10. The van der Waals surface area contributed by atoms with Gasteiger partial charge in [-0.05, 0) is 49.0 Å². The number of rotatable bonds is 4. The van der Waals surface area contributed by atoms with Gasteiger partial charge in [-0.3, -0.25) is 0 Å². The topological polar surface area (TPSA) is 12.0 Å². The summed E-state index contributed by atoms with van der Waals surface area (Å²) >= 11 is 12.1. The molecule has 0 aliphatic carbocycles. The van der Waals surface area contributed by atoms with Crippen molar-refractivity contribution >= 4 is 23.2 Å². The van der Waals surface area contributed by atoms with Crippen LogP contribution in [0.5, 0.6) is 0 Å². The monoisotopic (exact) mass is 273 g/mol. The fourth-order valence-corrected chi connectivity index (χ4v) is 2.42. The first-order valence-electron chi connectivity index (χ1n) is 5.96. The predicted octanol–water partition coefficient (Wildman–Crippen LogP) is 4.73. The van der Waals surface area contributed by atoms with E-state index in [1.807, 2.05) is 19.2 Å². The summed E-state index contributed by atoms with van der Waals surface area (Å²) in [7, 11) is 1.98. The van der Waals surface area contributed by atoms with Crippen LogP contribution >= 0.6 is 23.2 Å². The van der Waals surface area contributed by atoms with Crippen molar-refractivity contribution in [1.29, 1.82) is 0 Å². The SMILES string of the molecule is CNCCC(c1ccc(Cl)c(Cl)c1)C(C)(C)C. The van der Waals surface area contributed by atoms with Gasteiger partial charge in [-0.15, -0.1) is 0 Å². The third-order valence-corrected chi connectivity index (χ3v) is 3.81. The zero-order valence-electron chi connectivity index (χ0n) is 11.0. The van der Waals surface area contributed by atoms with Crippen molar-refractivity contribution in [2.75, 3.05) is 13.6 Å². The van der Waals surface area contributed by atoms with Gasteiger partial charge in [-0.1, -0.05) is 50.0 Å². The highest BCUT2D eigenvalue weighted by Crippen LogP contribution is 2.39. The lowest BCUT2D eigenvalue weighted by atomic mass is 9.74. The first-order valence-corrected chi connectivity index (χ1v) is 6.71. The van der Waals surface area contributed by atoms with E-state index in [0.717, 1.165) is 13.0 Å². The Bertz CT molecular complexity index is 369. The van der Waals surface area contributed by atoms with Crippen molar-refractivity contribution in [2.45, 2.75) is 33.1 Å². The van der Waals surface area contributed by atoms with Crippen molar-refractivity contribution < 1.29 is 0 Å². The van der Waals surface area contributed by atoms with Crippen LogP contribution < -0.4 is 5.32 Å². The molecular formula is C14H21Cl2N. The molecular weight excluding hydrogens is 253 g/mol. The summed E-state index contributed by atoms with van der Waals surface area (Å²) in [6, 6.07) is 5.96. The molecule has 1 N–H and O–H groups in total. The quantitative estimate of drug-likeness (QED) is 0.836. The van der Waals surface area contributed by atoms with Crippen LogP contribution in [0.4, 0.5) is 0 Å². The minimum absolute atomic E-state index is 0.216. The summed E-state index contributed by atoms with van der Waals surface area (Å²) in [5.74, 6) is 0.477. The molecule has 1 aromatic rings. The fourth-order valence-electron chi connectivity index (χ4n) is 2.12. The van der Waals surface area contributed by atoms with E-state index in [1.165, 1.54) is 5.56 Å². The summed E-state index contributed by atoms with van der Waals surface area (Å²) in [5.41, 5.74) is 1.48. The Balaban J connectivity index is 3.00. The number of nitrogens with one attached hydrogen (secondary N) is 1. The third kappa shape index (κ3) is 4.17. The number of hydrogen-bond donors (Lipinski definition) is 1. The molecule has 17 heavy (non-hydrogen) atoms. The molecule has 0 saturated heterocycles. The summed E-state index contributed by atoms with van der Waals surface area (Å²) in [4.78, 5) is 0. The molecule has 0 aliphatic rings. The second-order valence-corrected chi connectivity index (χ2v) is 6.30. The number of halogens is 2. The molecule has 0 fully saturated rings. The Morgan fingerprint density at radius 1 is 1.18 bits per heavy atom. The van der Waals surface area contributed by atoms with Crippen molar-refractivity contribution in [1.82, 2.24) is 5.32 Å². The van der Waals surface area contributed by atoms with Crippen molar-refractivity contribution in [3.8, 4) is 0 Å². The lowest BCUT2D eigenvalue weighted by Gasteiger charge is -2.31. The molecule has 0 aliphatic heterocycles. The Morgan fingerprint density at radius 2 is 1.82 bits per heavy atom. The van der Waals surface area contributed by atoms with Gasteiger partial charge in [0.05, 0.1) is 10.0 Å². The van der Waals surface area contributed by atoms with E-state index < -0.39 is 0 Å². The highest BCUT2D eigenvalue weighted by molar-refractivity contribution is 6.42. The molecule has 96 valence electrons.